The highest BCUT2D eigenvalue weighted by atomic mass is 16.2. The number of para-hydroxylation sites is 1. The molecular formula is C25H28N4O4. The van der Waals surface area contributed by atoms with E-state index in [4.69, 9.17) is 5.73 Å². The lowest BCUT2D eigenvalue weighted by atomic mass is 9.98. The van der Waals surface area contributed by atoms with E-state index in [1.54, 1.807) is 40.1 Å². The van der Waals surface area contributed by atoms with Crippen molar-refractivity contribution in [3.05, 3.63) is 65.2 Å². The molecule has 0 spiro atoms. The fourth-order valence-corrected chi connectivity index (χ4v) is 4.75. The Morgan fingerprint density at radius 3 is 2.70 bits per heavy atom. The molecule has 2 heterocycles. The fourth-order valence-electron chi connectivity index (χ4n) is 4.75. The van der Waals surface area contributed by atoms with E-state index < -0.39 is 11.6 Å². The second kappa shape index (κ2) is 9.05. The van der Waals surface area contributed by atoms with Crippen LogP contribution in [0.2, 0.25) is 0 Å². The molecule has 1 atom stereocenters. The summed E-state index contributed by atoms with van der Waals surface area (Å²) in [6.07, 6.45) is 2.32. The molecule has 0 radical (unpaired) electrons. The zero-order valence-corrected chi connectivity index (χ0v) is 18.7. The van der Waals surface area contributed by atoms with E-state index in [-0.39, 0.29) is 24.1 Å². The van der Waals surface area contributed by atoms with E-state index in [1.807, 2.05) is 25.1 Å². The third-order valence-corrected chi connectivity index (χ3v) is 6.48. The Bertz CT molecular complexity index is 1120. The van der Waals surface area contributed by atoms with Gasteiger partial charge in [-0.25, -0.2) is 0 Å². The van der Waals surface area contributed by atoms with Gasteiger partial charge in [0, 0.05) is 31.5 Å². The fraction of sp³-hybridized carbons (Fsp3) is 0.360. The van der Waals surface area contributed by atoms with Gasteiger partial charge in [-0.15, -0.1) is 0 Å². The first-order valence-electron chi connectivity index (χ1n) is 11.2. The number of primary amides is 1. The maximum atomic E-state index is 13.2. The van der Waals surface area contributed by atoms with Gasteiger partial charge in [0.05, 0.1) is 11.3 Å². The summed E-state index contributed by atoms with van der Waals surface area (Å²) in [6, 6.07) is 14.2. The van der Waals surface area contributed by atoms with Crippen molar-refractivity contribution in [3.63, 3.8) is 0 Å². The van der Waals surface area contributed by atoms with Gasteiger partial charge >= 0.3 is 0 Å². The third-order valence-electron chi connectivity index (χ3n) is 6.48. The Labute approximate surface area is 192 Å². The molecule has 2 aromatic carbocycles. The molecule has 0 bridgehead atoms. The number of amides is 4. The van der Waals surface area contributed by atoms with E-state index in [1.165, 1.54) is 0 Å². The lowest BCUT2D eigenvalue weighted by Crippen LogP contribution is -2.62. The molecule has 0 saturated carbocycles. The standard InChI is InChI=1S/C25H28N4O4/c1-25-13-11-22(31)29(25)20-9-3-2-8-19(20)24(33)28(25)15-5-10-21(30)27-14-12-17-6-4-7-18(16-17)23(26)32/h2-4,6-9,16H,5,10-15H2,1H3,(H2,26,32)(H,27,30). The summed E-state index contributed by atoms with van der Waals surface area (Å²) in [4.78, 5) is 52.9. The van der Waals surface area contributed by atoms with Gasteiger partial charge in [-0.1, -0.05) is 24.3 Å². The van der Waals surface area contributed by atoms with Crippen LogP contribution in [0.25, 0.3) is 0 Å². The zero-order chi connectivity index (χ0) is 23.6. The number of nitrogens with one attached hydrogen (secondary N) is 1. The van der Waals surface area contributed by atoms with Crippen molar-refractivity contribution >= 4 is 29.3 Å². The number of anilines is 1. The molecule has 1 unspecified atom stereocenters. The lowest BCUT2D eigenvalue weighted by molar-refractivity contribution is -0.121. The van der Waals surface area contributed by atoms with Crippen LogP contribution in [0, 0.1) is 0 Å². The maximum Gasteiger partial charge on any atom is 0.257 e. The molecule has 2 aromatic rings. The molecule has 0 aromatic heterocycles. The first-order valence-corrected chi connectivity index (χ1v) is 11.2. The van der Waals surface area contributed by atoms with E-state index >= 15 is 0 Å². The van der Waals surface area contributed by atoms with Crippen LogP contribution in [0.5, 0.6) is 0 Å². The van der Waals surface area contributed by atoms with Gasteiger partial charge in [0.25, 0.3) is 5.91 Å². The maximum absolute atomic E-state index is 13.2. The van der Waals surface area contributed by atoms with E-state index in [0.717, 1.165) is 5.56 Å². The molecule has 1 fully saturated rings. The molecular weight excluding hydrogens is 420 g/mol. The van der Waals surface area contributed by atoms with Crippen molar-refractivity contribution in [1.82, 2.24) is 10.2 Å². The highest BCUT2D eigenvalue weighted by Gasteiger charge is 2.52. The molecule has 3 N–H and O–H groups in total. The first-order chi connectivity index (χ1) is 15.8. The predicted molar refractivity (Wildman–Crippen MR) is 124 cm³/mol. The van der Waals surface area contributed by atoms with Crippen LogP contribution in [-0.4, -0.2) is 47.3 Å². The van der Waals surface area contributed by atoms with Crippen LogP contribution in [-0.2, 0) is 16.0 Å². The molecule has 172 valence electrons. The summed E-state index contributed by atoms with van der Waals surface area (Å²) < 4.78 is 0. The minimum absolute atomic E-state index is 0.0144. The average Bonchev–Trinajstić information content (AvgIpc) is 3.11. The summed E-state index contributed by atoms with van der Waals surface area (Å²) >= 11 is 0. The number of carbonyl (C=O) groups is 4. The number of nitrogens with zero attached hydrogens (tertiary/aromatic N) is 2. The molecule has 2 aliphatic rings. The lowest BCUT2D eigenvalue weighted by Gasteiger charge is -2.48. The minimum Gasteiger partial charge on any atom is -0.366 e. The Balaban J connectivity index is 1.32. The van der Waals surface area contributed by atoms with Crippen molar-refractivity contribution < 1.29 is 19.2 Å². The van der Waals surface area contributed by atoms with Gasteiger partial charge in [0.2, 0.25) is 17.7 Å². The SMILES string of the molecule is CC12CCC(=O)N1c1ccccc1C(=O)N2CCCC(=O)NCCc1cccc(C(N)=O)c1. The summed E-state index contributed by atoms with van der Waals surface area (Å²) in [5, 5.41) is 2.88. The molecule has 2 aliphatic heterocycles. The van der Waals surface area contributed by atoms with Crippen LogP contribution >= 0.6 is 0 Å². The Morgan fingerprint density at radius 2 is 1.91 bits per heavy atom. The highest BCUT2D eigenvalue weighted by Crippen LogP contribution is 2.43. The smallest absolute Gasteiger partial charge is 0.257 e. The van der Waals surface area contributed by atoms with Gasteiger partial charge in [-0.3, -0.25) is 24.1 Å². The summed E-state index contributed by atoms with van der Waals surface area (Å²) in [6.45, 7) is 2.75. The van der Waals surface area contributed by atoms with Crippen LogP contribution in [0.1, 0.15) is 58.9 Å². The Hall–Kier alpha value is -3.68. The van der Waals surface area contributed by atoms with Gasteiger partial charge in [0.15, 0.2) is 0 Å². The topological polar surface area (TPSA) is 113 Å². The number of hydrogen-bond donors (Lipinski definition) is 2. The zero-order valence-electron chi connectivity index (χ0n) is 18.7. The van der Waals surface area contributed by atoms with Crippen LogP contribution in [0.4, 0.5) is 5.69 Å². The van der Waals surface area contributed by atoms with Crippen LogP contribution in [0.3, 0.4) is 0 Å². The molecule has 8 nitrogen and oxygen atoms in total. The van der Waals surface area contributed by atoms with Crippen molar-refractivity contribution in [2.45, 2.75) is 44.7 Å². The number of carbonyl (C=O) groups excluding carboxylic acids is 4. The number of benzene rings is 2. The molecule has 4 rings (SSSR count). The molecule has 1 saturated heterocycles. The number of hydrogen-bond acceptors (Lipinski definition) is 4. The van der Waals surface area contributed by atoms with Gasteiger partial charge in [-0.2, -0.15) is 0 Å². The minimum atomic E-state index is -0.704. The molecule has 33 heavy (non-hydrogen) atoms. The number of fused-ring (bicyclic) bond motifs is 3. The predicted octanol–water partition coefficient (Wildman–Crippen LogP) is 2.22. The number of rotatable bonds is 8. The third kappa shape index (κ3) is 4.33. The van der Waals surface area contributed by atoms with Crippen molar-refractivity contribution in [3.8, 4) is 0 Å². The van der Waals surface area contributed by atoms with Crippen LogP contribution < -0.4 is 16.0 Å². The quantitative estimate of drug-likeness (QED) is 0.645. The largest absolute Gasteiger partial charge is 0.366 e. The summed E-state index contributed by atoms with van der Waals surface area (Å²) in [7, 11) is 0. The highest BCUT2D eigenvalue weighted by molar-refractivity contribution is 6.10. The van der Waals surface area contributed by atoms with Gasteiger partial charge in [0.1, 0.15) is 5.66 Å². The summed E-state index contributed by atoms with van der Waals surface area (Å²) in [5.74, 6) is -0.670. The summed E-state index contributed by atoms with van der Waals surface area (Å²) in [5.41, 5.74) is 7.15. The van der Waals surface area contributed by atoms with Crippen molar-refractivity contribution in [1.29, 1.82) is 0 Å². The van der Waals surface area contributed by atoms with Crippen LogP contribution in [0.15, 0.2) is 48.5 Å². The van der Waals surface area contributed by atoms with Crippen molar-refractivity contribution in [2.24, 2.45) is 5.73 Å². The normalized spacial score (nSPS) is 19.3. The second-order valence-electron chi connectivity index (χ2n) is 8.69. The van der Waals surface area contributed by atoms with Gasteiger partial charge in [-0.05, 0) is 56.0 Å². The second-order valence-corrected chi connectivity index (χ2v) is 8.69. The van der Waals surface area contributed by atoms with Crippen molar-refractivity contribution in [2.75, 3.05) is 18.0 Å². The molecule has 0 aliphatic carbocycles. The first kappa shape index (κ1) is 22.5. The van der Waals surface area contributed by atoms with E-state index in [0.29, 0.717) is 55.6 Å². The van der Waals surface area contributed by atoms with E-state index in [2.05, 4.69) is 5.32 Å². The Morgan fingerprint density at radius 1 is 1.12 bits per heavy atom. The Kier molecular flexibility index (Phi) is 6.18. The molecule has 8 heteroatoms. The monoisotopic (exact) mass is 448 g/mol. The van der Waals surface area contributed by atoms with E-state index in [9.17, 15) is 19.2 Å². The number of nitrogens with two attached hydrogens (primary N) is 1. The average molecular weight is 449 g/mol. The molecule has 4 amide bonds. The van der Waals surface area contributed by atoms with Gasteiger partial charge < -0.3 is 16.0 Å².